The monoisotopic (exact) mass is 328 g/mol. The molecule has 0 radical (unpaired) electrons. The molecule has 0 spiro atoms. The van der Waals surface area contributed by atoms with E-state index in [-0.39, 0.29) is 11.6 Å². The summed E-state index contributed by atoms with van der Waals surface area (Å²) in [7, 11) is 5.16. The van der Waals surface area contributed by atoms with Crippen LogP contribution in [-0.2, 0) is 7.05 Å². The summed E-state index contributed by atoms with van der Waals surface area (Å²) in [4.78, 5) is 1.84. The van der Waals surface area contributed by atoms with Crippen LogP contribution in [0.4, 0.5) is 16.0 Å². The Morgan fingerprint density at radius 1 is 1.12 bits per heavy atom. The Balaban J connectivity index is 2.01. The Hall–Kier alpha value is -3.09. The highest BCUT2D eigenvalue weighted by atomic mass is 19.1. The number of hydrogen-bond acceptors (Lipinski definition) is 5. The summed E-state index contributed by atoms with van der Waals surface area (Å²) in [6.07, 6.45) is 0. The van der Waals surface area contributed by atoms with Gasteiger partial charge < -0.3 is 14.7 Å². The number of nitrogens with zero attached hydrogens (tertiary/aromatic N) is 4. The van der Waals surface area contributed by atoms with E-state index in [1.54, 1.807) is 34.9 Å². The second-order valence-electron chi connectivity index (χ2n) is 5.30. The topological polar surface area (TPSA) is 63.4 Å². The molecule has 0 unspecified atom stereocenters. The van der Waals surface area contributed by atoms with E-state index in [0.29, 0.717) is 23.1 Å². The number of rotatable bonds is 4. The second kappa shape index (κ2) is 6.19. The molecule has 0 atom stereocenters. The molecule has 6 nitrogen and oxygen atoms in total. The predicted octanol–water partition coefficient (Wildman–Crippen LogP) is 3.10. The Bertz CT molecular complexity index is 862. The standard InChI is InChI=1S/C17H17FN4O2/c1-21(12-5-7-13(23)8-6-12)17-20-19-16(22(17)2)14-9-4-11(18)10-15(14)24-3/h4-10,23H,1-3H3. The number of halogens is 1. The molecule has 3 aromatic rings. The van der Waals surface area contributed by atoms with Gasteiger partial charge in [0.2, 0.25) is 5.95 Å². The van der Waals surface area contributed by atoms with Crippen LogP contribution in [0.25, 0.3) is 11.4 Å². The molecule has 0 saturated heterocycles. The third-order valence-electron chi connectivity index (χ3n) is 3.79. The Morgan fingerprint density at radius 3 is 2.50 bits per heavy atom. The number of aromatic nitrogens is 3. The summed E-state index contributed by atoms with van der Waals surface area (Å²) >= 11 is 0. The van der Waals surface area contributed by atoms with Crippen LogP contribution < -0.4 is 9.64 Å². The van der Waals surface area contributed by atoms with Gasteiger partial charge in [-0.3, -0.25) is 4.57 Å². The van der Waals surface area contributed by atoms with Crippen LogP contribution >= 0.6 is 0 Å². The van der Waals surface area contributed by atoms with E-state index < -0.39 is 0 Å². The lowest BCUT2D eigenvalue weighted by Crippen LogP contribution is -2.14. The second-order valence-corrected chi connectivity index (χ2v) is 5.30. The van der Waals surface area contributed by atoms with E-state index in [0.717, 1.165) is 5.69 Å². The SMILES string of the molecule is COc1cc(F)ccc1-c1nnc(N(C)c2ccc(O)cc2)n1C. The molecular formula is C17H17FN4O2. The largest absolute Gasteiger partial charge is 0.508 e. The average Bonchev–Trinajstić information content (AvgIpc) is 2.96. The smallest absolute Gasteiger partial charge is 0.231 e. The summed E-state index contributed by atoms with van der Waals surface area (Å²) in [5, 5.41) is 17.8. The normalized spacial score (nSPS) is 10.7. The van der Waals surface area contributed by atoms with Crippen molar-refractivity contribution >= 4 is 11.6 Å². The van der Waals surface area contributed by atoms with Crippen molar-refractivity contribution in [3.8, 4) is 22.9 Å². The number of anilines is 2. The number of aromatic hydroxyl groups is 1. The van der Waals surface area contributed by atoms with Crippen molar-refractivity contribution < 1.29 is 14.2 Å². The van der Waals surface area contributed by atoms with Crippen molar-refractivity contribution in [1.82, 2.24) is 14.8 Å². The van der Waals surface area contributed by atoms with Crippen LogP contribution in [-0.4, -0.2) is 34.0 Å². The summed E-state index contributed by atoms with van der Waals surface area (Å²) < 4.78 is 20.4. The average molecular weight is 328 g/mol. The highest BCUT2D eigenvalue weighted by Gasteiger charge is 2.18. The molecule has 0 bridgehead atoms. The Kier molecular flexibility index (Phi) is 4.07. The Labute approximate surface area is 138 Å². The van der Waals surface area contributed by atoms with Gasteiger partial charge in [-0.15, -0.1) is 10.2 Å². The fourth-order valence-electron chi connectivity index (χ4n) is 2.49. The number of phenolic OH excluding ortho intramolecular Hbond substituents is 1. The van der Waals surface area contributed by atoms with Gasteiger partial charge in [-0.25, -0.2) is 4.39 Å². The molecule has 0 aliphatic carbocycles. The van der Waals surface area contributed by atoms with E-state index in [1.165, 1.54) is 19.2 Å². The zero-order chi connectivity index (χ0) is 17.3. The number of benzene rings is 2. The first kappa shape index (κ1) is 15.8. The molecular weight excluding hydrogens is 311 g/mol. The first-order valence-corrected chi connectivity index (χ1v) is 7.27. The van der Waals surface area contributed by atoms with Crippen molar-refractivity contribution in [3.63, 3.8) is 0 Å². The lowest BCUT2D eigenvalue weighted by Gasteiger charge is -2.18. The quantitative estimate of drug-likeness (QED) is 0.797. The number of hydrogen-bond donors (Lipinski definition) is 1. The van der Waals surface area contributed by atoms with E-state index >= 15 is 0 Å². The van der Waals surface area contributed by atoms with Crippen LogP contribution in [0.3, 0.4) is 0 Å². The lowest BCUT2D eigenvalue weighted by molar-refractivity contribution is 0.412. The molecule has 7 heteroatoms. The molecule has 1 N–H and O–H groups in total. The van der Waals surface area contributed by atoms with Gasteiger partial charge in [0.1, 0.15) is 17.3 Å². The van der Waals surface area contributed by atoms with Crippen molar-refractivity contribution in [2.24, 2.45) is 7.05 Å². The molecule has 1 heterocycles. The van der Waals surface area contributed by atoms with Crippen molar-refractivity contribution in [3.05, 3.63) is 48.3 Å². The van der Waals surface area contributed by atoms with Crippen LogP contribution in [0.15, 0.2) is 42.5 Å². The molecule has 0 aliphatic heterocycles. The molecule has 3 rings (SSSR count). The number of methoxy groups -OCH3 is 1. The minimum atomic E-state index is -0.376. The van der Waals surface area contributed by atoms with Gasteiger partial charge >= 0.3 is 0 Å². The third kappa shape index (κ3) is 2.76. The van der Waals surface area contributed by atoms with Gasteiger partial charge in [0, 0.05) is 25.8 Å². The molecule has 0 aliphatic rings. The molecule has 1 aromatic heterocycles. The number of phenols is 1. The van der Waals surface area contributed by atoms with Crippen molar-refractivity contribution in [2.45, 2.75) is 0 Å². The maximum absolute atomic E-state index is 13.4. The zero-order valence-corrected chi connectivity index (χ0v) is 13.6. The molecule has 0 fully saturated rings. The summed E-state index contributed by atoms with van der Waals surface area (Å²) in [5.74, 6) is 1.37. The minimum Gasteiger partial charge on any atom is -0.508 e. The summed E-state index contributed by atoms with van der Waals surface area (Å²) in [5.41, 5.74) is 1.50. The molecule has 0 amide bonds. The molecule has 124 valence electrons. The summed E-state index contributed by atoms with van der Waals surface area (Å²) in [6.45, 7) is 0. The molecule has 2 aromatic carbocycles. The lowest BCUT2D eigenvalue weighted by atomic mass is 10.2. The van der Waals surface area contributed by atoms with Gasteiger partial charge in [0.15, 0.2) is 5.82 Å². The maximum atomic E-state index is 13.4. The molecule has 24 heavy (non-hydrogen) atoms. The fraction of sp³-hybridized carbons (Fsp3) is 0.176. The zero-order valence-electron chi connectivity index (χ0n) is 13.6. The fourth-order valence-corrected chi connectivity index (χ4v) is 2.49. The highest BCUT2D eigenvalue weighted by Crippen LogP contribution is 2.32. The first-order valence-electron chi connectivity index (χ1n) is 7.27. The number of ether oxygens (including phenoxy) is 1. The van der Waals surface area contributed by atoms with Gasteiger partial charge in [0.05, 0.1) is 12.7 Å². The van der Waals surface area contributed by atoms with E-state index in [4.69, 9.17) is 4.74 Å². The maximum Gasteiger partial charge on any atom is 0.231 e. The van der Waals surface area contributed by atoms with Crippen LogP contribution in [0.2, 0.25) is 0 Å². The van der Waals surface area contributed by atoms with Gasteiger partial charge in [-0.05, 0) is 36.4 Å². The van der Waals surface area contributed by atoms with Crippen LogP contribution in [0, 0.1) is 5.82 Å². The minimum absolute atomic E-state index is 0.196. The predicted molar refractivity (Wildman–Crippen MR) is 89.1 cm³/mol. The van der Waals surface area contributed by atoms with Crippen LogP contribution in [0.1, 0.15) is 0 Å². The summed E-state index contributed by atoms with van der Waals surface area (Å²) in [6, 6.07) is 11.0. The van der Waals surface area contributed by atoms with E-state index in [9.17, 15) is 9.50 Å². The van der Waals surface area contributed by atoms with Crippen molar-refractivity contribution in [1.29, 1.82) is 0 Å². The first-order chi connectivity index (χ1) is 11.5. The highest BCUT2D eigenvalue weighted by molar-refractivity contribution is 5.67. The third-order valence-corrected chi connectivity index (χ3v) is 3.79. The van der Waals surface area contributed by atoms with E-state index in [2.05, 4.69) is 10.2 Å². The van der Waals surface area contributed by atoms with Crippen molar-refractivity contribution in [2.75, 3.05) is 19.1 Å². The Morgan fingerprint density at radius 2 is 1.83 bits per heavy atom. The molecule has 0 saturated carbocycles. The van der Waals surface area contributed by atoms with Gasteiger partial charge in [-0.2, -0.15) is 0 Å². The van der Waals surface area contributed by atoms with Crippen LogP contribution in [0.5, 0.6) is 11.5 Å². The van der Waals surface area contributed by atoms with E-state index in [1.807, 2.05) is 19.0 Å². The van der Waals surface area contributed by atoms with Gasteiger partial charge in [0.25, 0.3) is 0 Å². The van der Waals surface area contributed by atoms with Gasteiger partial charge in [-0.1, -0.05) is 0 Å².